The molecule has 100 valence electrons. The van der Waals surface area contributed by atoms with E-state index in [0.29, 0.717) is 6.42 Å². The van der Waals surface area contributed by atoms with Crippen LogP contribution in [0.2, 0.25) is 0 Å². The standard InChI is InChI=1S/C10H12N6O3/c11-10-14-7-6(9(19)15-10)12-3-16(7)5-1-4(2-17)13-8(5)18/h3-5,17H,1-2H2,(H,13,18)(H3,11,14,15,19)/t4-,5-/m0/s1. The van der Waals surface area contributed by atoms with Gasteiger partial charge in [-0.25, -0.2) is 4.98 Å². The zero-order valence-corrected chi connectivity index (χ0v) is 9.83. The van der Waals surface area contributed by atoms with E-state index >= 15 is 0 Å². The van der Waals surface area contributed by atoms with E-state index < -0.39 is 11.6 Å². The molecule has 0 radical (unpaired) electrons. The fraction of sp³-hybridized carbons (Fsp3) is 0.400. The minimum absolute atomic E-state index is 0.0311. The summed E-state index contributed by atoms with van der Waals surface area (Å²) in [6.07, 6.45) is 1.80. The van der Waals surface area contributed by atoms with Crippen molar-refractivity contribution in [1.82, 2.24) is 24.8 Å². The van der Waals surface area contributed by atoms with Crippen LogP contribution >= 0.6 is 0 Å². The summed E-state index contributed by atoms with van der Waals surface area (Å²) in [6.45, 7) is -0.134. The lowest BCUT2D eigenvalue weighted by Crippen LogP contribution is -2.29. The maximum atomic E-state index is 11.8. The van der Waals surface area contributed by atoms with Crippen molar-refractivity contribution in [2.24, 2.45) is 0 Å². The molecule has 9 heteroatoms. The van der Waals surface area contributed by atoms with E-state index in [0.717, 1.165) is 0 Å². The molecular weight excluding hydrogens is 252 g/mol. The second-order valence-electron chi connectivity index (χ2n) is 4.41. The van der Waals surface area contributed by atoms with E-state index in [2.05, 4.69) is 20.3 Å². The van der Waals surface area contributed by atoms with Crippen LogP contribution in [0.1, 0.15) is 12.5 Å². The average Bonchev–Trinajstić information content (AvgIpc) is 2.92. The smallest absolute Gasteiger partial charge is 0.280 e. The Bertz CT molecular complexity index is 705. The number of aliphatic hydroxyl groups excluding tert-OH is 1. The van der Waals surface area contributed by atoms with Crippen molar-refractivity contribution in [2.75, 3.05) is 12.3 Å². The number of carbonyl (C=O) groups is 1. The van der Waals surface area contributed by atoms with Gasteiger partial charge in [-0.1, -0.05) is 0 Å². The summed E-state index contributed by atoms with van der Waals surface area (Å²) in [5, 5.41) is 11.7. The molecule has 5 N–H and O–H groups in total. The molecule has 1 amide bonds. The lowest BCUT2D eigenvalue weighted by atomic mass is 10.2. The van der Waals surface area contributed by atoms with Crippen molar-refractivity contribution in [1.29, 1.82) is 0 Å². The van der Waals surface area contributed by atoms with Crippen LogP contribution in [0.4, 0.5) is 5.95 Å². The SMILES string of the molecule is Nc1nc2c(ncn2[C@H]2C[C@@H](CO)NC2=O)c(=O)[nH]1. The molecule has 1 fully saturated rings. The molecule has 0 aliphatic carbocycles. The molecule has 3 heterocycles. The van der Waals surface area contributed by atoms with Crippen LogP contribution in [-0.4, -0.2) is 43.2 Å². The van der Waals surface area contributed by atoms with Gasteiger partial charge in [0.1, 0.15) is 6.04 Å². The van der Waals surface area contributed by atoms with E-state index in [4.69, 9.17) is 10.8 Å². The molecule has 1 saturated heterocycles. The Kier molecular flexibility index (Phi) is 2.49. The molecule has 2 aromatic heterocycles. The van der Waals surface area contributed by atoms with E-state index in [-0.39, 0.29) is 35.7 Å². The minimum atomic E-state index is -0.546. The van der Waals surface area contributed by atoms with E-state index in [9.17, 15) is 9.59 Å². The van der Waals surface area contributed by atoms with Gasteiger partial charge in [-0.15, -0.1) is 0 Å². The Morgan fingerprint density at radius 3 is 3.00 bits per heavy atom. The molecule has 0 bridgehead atoms. The van der Waals surface area contributed by atoms with Crippen molar-refractivity contribution in [3.05, 3.63) is 16.7 Å². The molecule has 2 aromatic rings. The number of aliphatic hydroxyl groups is 1. The number of nitrogens with one attached hydrogen (secondary N) is 2. The Morgan fingerprint density at radius 2 is 2.32 bits per heavy atom. The van der Waals surface area contributed by atoms with Crippen molar-refractivity contribution >= 4 is 23.0 Å². The van der Waals surface area contributed by atoms with Crippen LogP contribution in [0, 0.1) is 0 Å². The summed E-state index contributed by atoms with van der Waals surface area (Å²) >= 11 is 0. The zero-order valence-electron chi connectivity index (χ0n) is 9.83. The number of carbonyl (C=O) groups excluding carboxylic acids is 1. The molecule has 0 spiro atoms. The molecule has 2 atom stereocenters. The average molecular weight is 264 g/mol. The molecule has 1 aliphatic rings. The summed E-state index contributed by atoms with van der Waals surface area (Å²) in [7, 11) is 0. The highest BCUT2D eigenvalue weighted by atomic mass is 16.3. The van der Waals surface area contributed by atoms with Gasteiger partial charge >= 0.3 is 0 Å². The van der Waals surface area contributed by atoms with Crippen molar-refractivity contribution < 1.29 is 9.90 Å². The number of anilines is 1. The third-order valence-electron chi connectivity index (χ3n) is 3.16. The maximum absolute atomic E-state index is 11.8. The van der Waals surface area contributed by atoms with Crippen LogP contribution in [0.5, 0.6) is 0 Å². The summed E-state index contributed by atoms with van der Waals surface area (Å²) < 4.78 is 1.51. The number of hydrogen-bond donors (Lipinski definition) is 4. The number of nitrogens with two attached hydrogens (primary N) is 1. The van der Waals surface area contributed by atoms with Gasteiger partial charge in [-0.2, -0.15) is 4.98 Å². The number of amides is 1. The first-order valence-corrected chi connectivity index (χ1v) is 5.73. The van der Waals surface area contributed by atoms with Gasteiger partial charge in [-0.3, -0.25) is 14.6 Å². The van der Waals surface area contributed by atoms with Crippen LogP contribution in [0.3, 0.4) is 0 Å². The van der Waals surface area contributed by atoms with Gasteiger partial charge in [0.05, 0.1) is 19.0 Å². The Hall–Kier alpha value is -2.42. The second-order valence-corrected chi connectivity index (χ2v) is 4.41. The number of imidazole rings is 1. The van der Waals surface area contributed by atoms with Crippen LogP contribution in [0.25, 0.3) is 11.2 Å². The number of hydrogen-bond acceptors (Lipinski definition) is 6. The van der Waals surface area contributed by atoms with Crippen molar-refractivity contribution in [3.63, 3.8) is 0 Å². The fourth-order valence-corrected chi connectivity index (χ4v) is 2.26. The van der Waals surface area contributed by atoms with E-state index in [1.54, 1.807) is 0 Å². The van der Waals surface area contributed by atoms with E-state index in [1.807, 2.05) is 0 Å². The van der Waals surface area contributed by atoms with Gasteiger partial charge in [-0.05, 0) is 6.42 Å². The number of nitrogens with zero attached hydrogens (tertiary/aromatic N) is 3. The largest absolute Gasteiger partial charge is 0.394 e. The fourth-order valence-electron chi connectivity index (χ4n) is 2.26. The molecule has 0 saturated carbocycles. The Labute approximate surface area is 106 Å². The summed E-state index contributed by atoms with van der Waals surface area (Å²) in [4.78, 5) is 33.8. The predicted molar refractivity (Wildman–Crippen MR) is 65.2 cm³/mol. The molecule has 19 heavy (non-hydrogen) atoms. The Balaban J connectivity index is 2.11. The number of aromatic nitrogens is 4. The van der Waals surface area contributed by atoms with Crippen LogP contribution < -0.4 is 16.6 Å². The maximum Gasteiger partial charge on any atom is 0.280 e. The number of rotatable bonds is 2. The van der Waals surface area contributed by atoms with Gasteiger partial charge in [0, 0.05) is 0 Å². The molecule has 9 nitrogen and oxygen atoms in total. The highest BCUT2D eigenvalue weighted by Gasteiger charge is 2.34. The normalized spacial score (nSPS) is 22.9. The van der Waals surface area contributed by atoms with Crippen LogP contribution in [0.15, 0.2) is 11.1 Å². The Morgan fingerprint density at radius 1 is 1.53 bits per heavy atom. The monoisotopic (exact) mass is 264 g/mol. The molecule has 0 unspecified atom stereocenters. The lowest BCUT2D eigenvalue weighted by molar-refractivity contribution is -0.122. The topological polar surface area (TPSA) is 139 Å². The molecular formula is C10H12N6O3. The summed E-state index contributed by atoms with van der Waals surface area (Å²) in [5.74, 6) is -0.268. The third kappa shape index (κ3) is 1.74. The zero-order chi connectivity index (χ0) is 13.6. The van der Waals surface area contributed by atoms with Gasteiger partial charge in [0.2, 0.25) is 11.9 Å². The van der Waals surface area contributed by atoms with Crippen molar-refractivity contribution in [2.45, 2.75) is 18.5 Å². The molecule has 1 aliphatic heterocycles. The quantitative estimate of drug-likeness (QED) is 0.501. The lowest BCUT2D eigenvalue weighted by Gasteiger charge is -2.09. The predicted octanol–water partition coefficient (Wildman–Crippen LogP) is -1.88. The minimum Gasteiger partial charge on any atom is -0.394 e. The highest BCUT2D eigenvalue weighted by Crippen LogP contribution is 2.23. The van der Waals surface area contributed by atoms with Gasteiger partial charge in [0.25, 0.3) is 5.56 Å². The van der Waals surface area contributed by atoms with Gasteiger partial charge < -0.3 is 20.7 Å². The number of H-pyrrole nitrogens is 1. The molecule has 0 aromatic carbocycles. The van der Waals surface area contributed by atoms with Crippen molar-refractivity contribution in [3.8, 4) is 0 Å². The van der Waals surface area contributed by atoms with E-state index in [1.165, 1.54) is 10.9 Å². The summed E-state index contributed by atoms with van der Waals surface area (Å²) in [5.41, 5.74) is 5.44. The number of aromatic amines is 1. The van der Waals surface area contributed by atoms with Crippen LogP contribution in [-0.2, 0) is 4.79 Å². The number of fused-ring (bicyclic) bond motifs is 1. The third-order valence-corrected chi connectivity index (χ3v) is 3.16. The second kappa shape index (κ2) is 4.05. The molecule has 3 rings (SSSR count). The van der Waals surface area contributed by atoms with Gasteiger partial charge in [0.15, 0.2) is 11.2 Å². The summed E-state index contributed by atoms with van der Waals surface area (Å²) in [6, 6.07) is -0.842. The first-order valence-electron chi connectivity index (χ1n) is 5.73. The number of nitrogen functional groups attached to an aromatic ring is 1. The first kappa shape index (κ1) is 11.7. The first-order chi connectivity index (χ1) is 9.10. The highest BCUT2D eigenvalue weighted by molar-refractivity contribution is 5.85.